The van der Waals surface area contributed by atoms with Gasteiger partial charge in [-0.25, -0.2) is 8.78 Å². The van der Waals surface area contributed by atoms with Crippen molar-refractivity contribution in [3.63, 3.8) is 0 Å². The van der Waals surface area contributed by atoms with Crippen LogP contribution < -0.4 is 0 Å². The molecular formula is C19H23F5. The molecule has 24 heavy (non-hydrogen) atoms. The van der Waals surface area contributed by atoms with Crippen LogP contribution in [0.2, 0.25) is 0 Å². The molecule has 0 aromatic heterocycles. The summed E-state index contributed by atoms with van der Waals surface area (Å²) in [5.74, 6) is -2.49. The van der Waals surface area contributed by atoms with Crippen LogP contribution in [0.1, 0.15) is 68.9 Å². The normalized spacial score (nSPS) is 22.2. The standard InChI is InChI=1S/C19H23F5/c1-2-3-4-5-6-13-7-9-14(10-8-13)15-11-16(20)18(17(21)12-15)19(22,23)24/h3-4,11-14H,2,5-10H2,1H3/b4-3+. The molecule has 0 atom stereocenters. The largest absolute Gasteiger partial charge is 0.422 e. The smallest absolute Gasteiger partial charge is 0.206 e. The Labute approximate surface area is 139 Å². The van der Waals surface area contributed by atoms with Crippen molar-refractivity contribution in [1.29, 1.82) is 0 Å². The Bertz CT molecular complexity index is 543. The lowest BCUT2D eigenvalue weighted by atomic mass is 9.77. The molecule has 0 spiro atoms. The van der Waals surface area contributed by atoms with Crippen LogP contribution in [0.3, 0.4) is 0 Å². The van der Waals surface area contributed by atoms with E-state index in [0.29, 0.717) is 11.5 Å². The first-order valence-electron chi connectivity index (χ1n) is 8.54. The lowest BCUT2D eigenvalue weighted by molar-refractivity contribution is -0.142. The van der Waals surface area contributed by atoms with Crippen LogP contribution in [0.25, 0.3) is 0 Å². The van der Waals surface area contributed by atoms with Gasteiger partial charge in [-0.05, 0) is 74.5 Å². The zero-order valence-corrected chi connectivity index (χ0v) is 13.8. The van der Waals surface area contributed by atoms with Crippen molar-refractivity contribution >= 4 is 0 Å². The minimum Gasteiger partial charge on any atom is -0.206 e. The lowest BCUT2D eigenvalue weighted by Gasteiger charge is -2.29. The molecule has 1 fully saturated rings. The molecule has 0 bridgehead atoms. The van der Waals surface area contributed by atoms with Crippen LogP contribution in [0.15, 0.2) is 24.3 Å². The summed E-state index contributed by atoms with van der Waals surface area (Å²) in [5, 5.41) is 0. The van der Waals surface area contributed by atoms with Crippen molar-refractivity contribution in [3.8, 4) is 0 Å². The SMILES string of the molecule is CC/C=C/CCC1CCC(c2cc(F)c(C(F)(F)F)c(F)c2)CC1. The Hall–Kier alpha value is -1.39. The highest BCUT2D eigenvalue weighted by Gasteiger charge is 2.38. The zero-order valence-electron chi connectivity index (χ0n) is 13.8. The fraction of sp³-hybridized carbons (Fsp3) is 0.579. The summed E-state index contributed by atoms with van der Waals surface area (Å²) < 4.78 is 65.3. The fourth-order valence-electron chi connectivity index (χ4n) is 3.50. The number of halogens is 5. The molecule has 0 saturated heterocycles. The van der Waals surface area contributed by atoms with Crippen molar-refractivity contribution < 1.29 is 22.0 Å². The topological polar surface area (TPSA) is 0 Å². The summed E-state index contributed by atoms with van der Waals surface area (Å²) in [7, 11) is 0. The third-order valence-electron chi connectivity index (χ3n) is 4.81. The molecular weight excluding hydrogens is 323 g/mol. The van der Waals surface area contributed by atoms with Gasteiger partial charge in [0, 0.05) is 0 Å². The van der Waals surface area contributed by atoms with E-state index in [9.17, 15) is 22.0 Å². The maximum Gasteiger partial charge on any atom is 0.422 e. The van der Waals surface area contributed by atoms with E-state index in [2.05, 4.69) is 19.1 Å². The van der Waals surface area contributed by atoms with Gasteiger partial charge in [0.25, 0.3) is 0 Å². The lowest BCUT2D eigenvalue weighted by Crippen LogP contribution is -2.16. The summed E-state index contributed by atoms with van der Waals surface area (Å²) in [6, 6.07) is 1.72. The molecule has 0 N–H and O–H groups in total. The van der Waals surface area contributed by atoms with Gasteiger partial charge in [-0.1, -0.05) is 19.1 Å². The second-order valence-corrected chi connectivity index (χ2v) is 6.53. The highest BCUT2D eigenvalue weighted by Crippen LogP contribution is 2.40. The van der Waals surface area contributed by atoms with E-state index in [4.69, 9.17) is 0 Å². The van der Waals surface area contributed by atoms with Crippen molar-refractivity contribution in [2.75, 3.05) is 0 Å². The molecule has 0 unspecified atom stereocenters. The Kier molecular flexibility index (Phi) is 6.41. The number of hydrogen-bond donors (Lipinski definition) is 0. The van der Waals surface area contributed by atoms with E-state index < -0.39 is 23.4 Å². The highest BCUT2D eigenvalue weighted by atomic mass is 19.4. The molecule has 1 aliphatic rings. The predicted octanol–water partition coefficient (Wildman–Crippen LogP) is 7.00. The summed E-state index contributed by atoms with van der Waals surface area (Å²) in [4.78, 5) is 0. The molecule has 0 heterocycles. The summed E-state index contributed by atoms with van der Waals surface area (Å²) in [5.41, 5.74) is -1.44. The molecule has 1 aromatic rings. The third-order valence-corrected chi connectivity index (χ3v) is 4.81. The monoisotopic (exact) mass is 346 g/mol. The average molecular weight is 346 g/mol. The maximum absolute atomic E-state index is 13.7. The van der Waals surface area contributed by atoms with E-state index in [-0.39, 0.29) is 5.92 Å². The van der Waals surface area contributed by atoms with Crippen LogP contribution in [0.5, 0.6) is 0 Å². The molecule has 1 aliphatic carbocycles. The quantitative estimate of drug-likeness (QED) is 0.397. The molecule has 134 valence electrons. The first-order valence-corrected chi connectivity index (χ1v) is 8.54. The van der Waals surface area contributed by atoms with Crippen LogP contribution in [0, 0.1) is 17.6 Å². The molecule has 0 amide bonds. The van der Waals surface area contributed by atoms with Gasteiger partial charge in [0.05, 0.1) is 0 Å². The van der Waals surface area contributed by atoms with Crippen LogP contribution in [-0.4, -0.2) is 0 Å². The van der Waals surface area contributed by atoms with E-state index in [0.717, 1.165) is 57.1 Å². The molecule has 1 aromatic carbocycles. The van der Waals surface area contributed by atoms with Crippen molar-refractivity contribution in [3.05, 3.63) is 47.0 Å². The first-order chi connectivity index (χ1) is 11.3. The number of hydrogen-bond acceptors (Lipinski definition) is 0. The number of allylic oxidation sites excluding steroid dienone is 2. The summed E-state index contributed by atoms with van der Waals surface area (Å²) in [6.45, 7) is 2.09. The Balaban J connectivity index is 1.98. The molecule has 2 rings (SSSR count). The van der Waals surface area contributed by atoms with Crippen LogP contribution in [0.4, 0.5) is 22.0 Å². The van der Waals surface area contributed by atoms with Crippen LogP contribution in [-0.2, 0) is 6.18 Å². The van der Waals surface area contributed by atoms with Gasteiger partial charge in [0.15, 0.2) is 0 Å². The van der Waals surface area contributed by atoms with Gasteiger partial charge in [0.1, 0.15) is 17.2 Å². The molecule has 1 saturated carbocycles. The molecule has 5 heteroatoms. The van der Waals surface area contributed by atoms with Gasteiger partial charge < -0.3 is 0 Å². The fourth-order valence-corrected chi connectivity index (χ4v) is 3.50. The van der Waals surface area contributed by atoms with E-state index in [1.165, 1.54) is 0 Å². The van der Waals surface area contributed by atoms with E-state index in [1.54, 1.807) is 0 Å². The average Bonchev–Trinajstić information content (AvgIpc) is 2.50. The first kappa shape index (κ1) is 18.9. The van der Waals surface area contributed by atoms with Gasteiger partial charge in [-0.2, -0.15) is 13.2 Å². The van der Waals surface area contributed by atoms with Crippen molar-refractivity contribution in [2.24, 2.45) is 5.92 Å². The highest BCUT2D eigenvalue weighted by molar-refractivity contribution is 5.30. The minimum atomic E-state index is -5.00. The van der Waals surface area contributed by atoms with Crippen molar-refractivity contribution in [1.82, 2.24) is 0 Å². The zero-order chi connectivity index (χ0) is 17.7. The Morgan fingerprint density at radius 3 is 2.08 bits per heavy atom. The van der Waals surface area contributed by atoms with Gasteiger partial charge in [-0.3, -0.25) is 0 Å². The number of benzene rings is 1. The van der Waals surface area contributed by atoms with Gasteiger partial charge >= 0.3 is 6.18 Å². The molecule has 0 aliphatic heterocycles. The maximum atomic E-state index is 13.7. The van der Waals surface area contributed by atoms with Gasteiger partial charge in [-0.15, -0.1) is 0 Å². The van der Waals surface area contributed by atoms with Crippen molar-refractivity contribution in [2.45, 2.75) is 64.0 Å². The van der Waals surface area contributed by atoms with E-state index in [1.807, 2.05) is 0 Å². The summed E-state index contributed by atoms with van der Waals surface area (Å²) >= 11 is 0. The second kappa shape index (κ2) is 8.13. The number of rotatable bonds is 5. The van der Waals surface area contributed by atoms with Gasteiger partial charge in [0.2, 0.25) is 0 Å². The Morgan fingerprint density at radius 1 is 1.00 bits per heavy atom. The molecule has 0 nitrogen and oxygen atoms in total. The second-order valence-electron chi connectivity index (χ2n) is 6.53. The minimum absolute atomic E-state index is 0.0567. The molecule has 0 radical (unpaired) electrons. The number of alkyl halides is 3. The summed E-state index contributed by atoms with van der Waals surface area (Å²) in [6.07, 6.45) is 5.91. The van der Waals surface area contributed by atoms with E-state index >= 15 is 0 Å². The third kappa shape index (κ3) is 4.81. The van der Waals surface area contributed by atoms with Crippen LogP contribution >= 0.6 is 0 Å². The Morgan fingerprint density at radius 2 is 1.58 bits per heavy atom. The predicted molar refractivity (Wildman–Crippen MR) is 84.7 cm³/mol.